The highest BCUT2D eigenvalue weighted by molar-refractivity contribution is 6.05. The van der Waals surface area contributed by atoms with Crippen molar-refractivity contribution in [3.63, 3.8) is 0 Å². The van der Waals surface area contributed by atoms with E-state index in [1.165, 1.54) is 13.8 Å². The molecule has 3 fully saturated rings. The van der Waals surface area contributed by atoms with Gasteiger partial charge in [-0.1, -0.05) is 20.3 Å². The standard InChI is InChI=1S/C29H39F2O9/c1-6-9-28(24(35)36)10-8-16-17-11-19(30)18-12-20(33)23(39-14-32)22(15(3)40-25(37)38-7-2)27(18,5)29(17,31)21(34)13-26(16,28)4/h12,15-17,19,21,34H,6-11,13-14H2,1-5H3,(H,35,36)/t15?,16?,17?,19-,21-,26-,27+,28+,29-/m0/s1. The van der Waals surface area contributed by atoms with Crippen molar-refractivity contribution >= 4 is 17.9 Å². The Hall–Kier alpha value is -2.53. The second kappa shape index (κ2) is 10.4. The number of allylic oxidation sites excluding steroid dienone is 2. The molecule has 0 saturated heterocycles. The lowest BCUT2D eigenvalue weighted by Crippen LogP contribution is -2.71. The third kappa shape index (κ3) is 3.86. The number of aliphatic hydroxyl groups excluding tert-OH is 1. The van der Waals surface area contributed by atoms with Gasteiger partial charge in [0.05, 0.1) is 23.5 Å². The van der Waals surface area contributed by atoms with Crippen LogP contribution in [-0.4, -0.2) is 65.6 Å². The molecular formula is C29H39F2O9. The molecule has 0 amide bonds. The van der Waals surface area contributed by atoms with E-state index >= 15 is 8.78 Å². The number of rotatable bonds is 8. The minimum Gasteiger partial charge on any atom is -0.481 e. The van der Waals surface area contributed by atoms with Crippen molar-refractivity contribution in [2.75, 3.05) is 13.4 Å². The van der Waals surface area contributed by atoms with Gasteiger partial charge >= 0.3 is 12.1 Å². The van der Waals surface area contributed by atoms with Gasteiger partial charge in [0.1, 0.15) is 12.3 Å². The molecule has 40 heavy (non-hydrogen) atoms. The Balaban J connectivity index is 1.92. The lowest BCUT2D eigenvalue weighted by molar-refractivity contribution is -0.220. The molecule has 2 N–H and O–H groups in total. The number of ketones is 1. The molecule has 4 rings (SSSR count). The Kier molecular flexibility index (Phi) is 7.90. The van der Waals surface area contributed by atoms with Crippen LogP contribution in [-0.2, 0) is 28.9 Å². The van der Waals surface area contributed by atoms with Crippen LogP contribution in [0.25, 0.3) is 0 Å². The van der Waals surface area contributed by atoms with Gasteiger partial charge in [0.2, 0.25) is 12.6 Å². The van der Waals surface area contributed by atoms with E-state index in [-0.39, 0.29) is 37.0 Å². The summed E-state index contributed by atoms with van der Waals surface area (Å²) in [6, 6.07) is 0. The molecule has 0 aromatic heterocycles. The minimum absolute atomic E-state index is 0.0282. The molecule has 4 aliphatic carbocycles. The molecule has 223 valence electrons. The molecule has 1 radical (unpaired) electrons. The molecule has 0 aromatic carbocycles. The number of carbonyl (C=O) groups excluding carboxylic acids is 2. The average molecular weight is 570 g/mol. The summed E-state index contributed by atoms with van der Waals surface area (Å²) in [6.07, 6.45) is -4.24. The Labute approximate surface area is 232 Å². The summed E-state index contributed by atoms with van der Waals surface area (Å²) in [4.78, 5) is 38.0. The van der Waals surface area contributed by atoms with E-state index < -0.39 is 82.6 Å². The van der Waals surface area contributed by atoms with E-state index in [0.29, 0.717) is 19.3 Å². The van der Waals surface area contributed by atoms with Crippen LogP contribution in [0.15, 0.2) is 23.0 Å². The summed E-state index contributed by atoms with van der Waals surface area (Å²) in [5.74, 6) is -4.16. The van der Waals surface area contributed by atoms with E-state index in [4.69, 9.17) is 14.2 Å². The molecule has 0 spiro atoms. The third-order valence-electron chi connectivity index (χ3n) is 10.6. The van der Waals surface area contributed by atoms with Crippen molar-refractivity contribution in [3.8, 4) is 0 Å². The first-order valence-corrected chi connectivity index (χ1v) is 14.0. The number of hydrogen-bond acceptors (Lipinski definition) is 7. The van der Waals surface area contributed by atoms with E-state index in [9.17, 15) is 29.7 Å². The summed E-state index contributed by atoms with van der Waals surface area (Å²) in [7, 11) is 0. The van der Waals surface area contributed by atoms with Crippen LogP contribution in [0, 0.1) is 28.1 Å². The first kappa shape index (κ1) is 30.4. The van der Waals surface area contributed by atoms with Crippen LogP contribution in [0.3, 0.4) is 0 Å². The molecule has 0 bridgehead atoms. The van der Waals surface area contributed by atoms with Gasteiger partial charge in [-0.15, -0.1) is 0 Å². The van der Waals surface area contributed by atoms with Crippen molar-refractivity contribution in [3.05, 3.63) is 23.0 Å². The number of carboxylic acid groups (broad SMARTS) is 1. The highest BCUT2D eigenvalue weighted by Crippen LogP contribution is 2.74. The van der Waals surface area contributed by atoms with Crippen LogP contribution >= 0.6 is 0 Å². The fourth-order valence-corrected chi connectivity index (χ4v) is 8.98. The van der Waals surface area contributed by atoms with Gasteiger partial charge in [-0.05, 0) is 75.9 Å². The first-order chi connectivity index (χ1) is 18.7. The normalized spacial score (nSPS) is 41.3. The molecule has 0 aromatic rings. The van der Waals surface area contributed by atoms with Crippen LogP contribution < -0.4 is 0 Å². The molecule has 3 unspecified atom stereocenters. The van der Waals surface area contributed by atoms with Gasteiger partial charge < -0.3 is 24.4 Å². The first-order valence-electron chi connectivity index (χ1n) is 14.0. The molecule has 0 aliphatic heterocycles. The molecule has 9 nitrogen and oxygen atoms in total. The quantitative estimate of drug-likeness (QED) is 0.313. The summed E-state index contributed by atoms with van der Waals surface area (Å²) < 4.78 is 49.6. The zero-order chi connectivity index (χ0) is 29.8. The predicted octanol–water partition coefficient (Wildman–Crippen LogP) is 4.84. The number of ether oxygens (including phenoxy) is 3. The molecule has 3 saturated carbocycles. The number of alkyl halides is 2. The molecule has 4 aliphatic rings. The van der Waals surface area contributed by atoms with Crippen LogP contribution in [0.2, 0.25) is 0 Å². The number of halogens is 2. The minimum atomic E-state index is -2.60. The number of aliphatic carboxylic acids is 1. The van der Waals surface area contributed by atoms with Crippen LogP contribution in [0.1, 0.15) is 73.1 Å². The van der Waals surface area contributed by atoms with Gasteiger partial charge in [0.25, 0.3) is 0 Å². The van der Waals surface area contributed by atoms with Crippen molar-refractivity contribution in [2.45, 2.75) is 97.2 Å². The van der Waals surface area contributed by atoms with Gasteiger partial charge in [0.15, 0.2) is 11.4 Å². The lowest BCUT2D eigenvalue weighted by atomic mass is 9.41. The molecule has 0 heterocycles. The van der Waals surface area contributed by atoms with Crippen LogP contribution in [0.4, 0.5) is 13.6 Å². The summed E-state index contributed by atoms with van der Waals surface area (Å²) >= 11 is 0. The second-order valence-electron chi connectivity index (χ2n) is 12.0. The highest BCUT2D eigenvalue weighted by atomic mass is 19.1. The Morgan fingerprint density at radius 3 is 2.48 bits per heavy atom. The fourth-order valence-electron chi connectivity index (χ4n) is 8.98. The maximum absolute atomic E-state index is 18.1. The summed E-state index contributed by atoms with van der Waals surface area (Å²) in [6.45, 7) is 6.63. The van der Waals surface area contributed by atoms with Crippen molar-refractivity contribution in [2.24, 2.45) is 28.1 Å². The average Bonchev–Trinajstić information content (AvgIpc) is 3.15. The van der Waals surface area contributed by atoms with Crippen molar-refractivity contribution in [1.29, 1.82) is 0 Å². The zero-order valence-electron chi connectivity index (χ0n) is 23.6. The highest BCUT2D eigenvalue weighted by Gasteiger charge is 2.77. The Bertz CT molecular complexity index is 1140. The number of hydrogen-bond donors (Lipinski definition) is 2. The Morgan fingerprint density at radius 1 is 1.23 bits per heavy atom. The topological polar surface area (TPSA) is 139 Å². The maximum atomic E-state index is 18.1. The zero-order valence-corrected chi connectivity index (χ0v) is 23.6. The van der Waals surface area contributed by atoms with Gasteiger partial charge in [-0.25, -0.2) is 13.6 Å². The number of fused-ring (bicyclic) bond motifs is 5. The van der Waals surface area contributed by atoms with Crippen LogP contribution in [0.5, 0.6) is 0 Å². The molecule has 11 heteroatoms. The lowest BCUT2D eigenvalue weighted by Gasteiger charge is -2.64. The number of aliphatic hydroxyl groups is 1. The van der Waals surface area contributed by atoms with Gasteiger partial charge in [0, 0.05) is 11.5 Å². The number of carboxylic acids is 1. The smallest absolute Gasteiger partial charge is 0.481 e. The van der Waals surface area contributed by atoms with E-state index in [2.05, 4.69) is 0 Å². The maximum Gasteiger partial charge on any atom is 0.508 e. The van der Waals surface area contributed by atoms with Crippen molar-refractivity contribution < 1.29 is 52.7 Å². The van der Waals surface area contributed by atoms with E-state index in [1.807, 2.05) is 6.92 Å². The summed E-state index contributed by atoms with van der Waals surface area (Å²) in [5.41, 5.74) is -7.39. The van der Waals surface area contributed by atoms with E-state index in [1.54, 1.807) is 13.8 Å². The Morgan fingerprint density at radius 2 is 1.90 bits per heavy atom. The monoisotopic (exact) mass is 569 g/mol. The predicted molar refractivity (Wildman–Crippen MR) is 136 cm³/mol. The van der Waals surface area contributed by atoms with E-state index in [0.717, 1.165) is 6.08 Å². The second-order valence-corrected chi connectivity index (χ2v) is 12.0. The number of carbonyl (C=O) groups is 3. The van der Waals surface area contributed by atoms with Gasteiger partial charge in [-0.2, -0.15) is 5.11 Å². The largest absolute Gasteiger partial charge is 0.508 e. The van der Waals surface area contributed by atoms with Gasteiger partial charge in [-0.3, -0.25) is 9.59 Å². The SMILES string of the molecule is CCC[C@]1(C(=O)O)CCC2C3C[C@H](F)C4=CC(=O)C(OC[O])=C(C(C)OC(=O)OCC)[C@]4(C)[C@@]3(F)[C@@H](O)C[C@@]21C. The molecular weight excluding hydrogens is 530 g/mol. The summed E-state index contributed by atoms with van der Waals surface area (Å²) in [5, 5.41) is 33.7. The fraction of sp³-hybridized carbons (Fsp3) is 0.759. The third-order valence-corrected chi connectivity index (χ3v) is 10.6. The van der Waals surface area contributed by atoms with Crippen molar-refractivity contribution in [1.82, 2.24) is 0 Å². The molecule has 9 atom stereocenters.